The second-order valence-corrected chi connectivity index (χ2v) is 9.62. The van der Waals surface area contributed by atoms with Gasteiger partial charge in [0.05, 0.1) is 33.8 Å². The summed E-state index contributed by atoms with van der Waals surface area (Å²) >= 11 is 7.14. The van der Waals surface area contributed by atoms with Crippen molar-refractivity contribution < 1.29 is 0 Å². The lowest BCUT2D eigenvalue weighted by atomic mass is 9.97. The Bertz CT molecular complexity index is 2060. The van der Waals surface area contributed by atoms with Gasteiger partial charge < -0.3 is 10.3 Å². The molecule has 0 fully saturated rings. The van der Waals surface area contributed by atoms with Gasteiger partial charge in [0.15, 0.2) is 5.43 Å². The first-order chi connectivity index (χ1) is 19.5. The zero-order valence-electron chi connectivity index (χ0n) is 21.2. The molecule has 0 spiro atoms. The third-order valence-electron chi connectivity index (χ3n) is 6.83. The highest BCUT2D eigenvalue weighted by molar-refractivity contribution is 6.36. The lowest BCUT2D eigenvalue weighted by molar-refractivity contribution is 0.774. The summed E-state index contributed by atoms with van der Waals surface area (Å²) in [7, 11) is 0. The van der Waals surface area contributed by atoms with Crippen LogP contribution < -0.4 is 16.3 Å². The molecular weight excluding hydrogens is 524 g/mol. The Morgan fingerprint density at radius 2 is 1.73 bits per heavy atom. The molecule has 6 rings (SSSR count). The predicted octanol–water partition coefficient (Wildman–Crippen LogP) is 5.99. The standard InChI is InChI=1S/C31H21ClN6O2/c1-18(37-30-26-24(39)14-15-34-29(26)35-17-36-30)28-27(32)23-9-5-8-22(20-12-10-19(16-33)11-13-20)25(23)31(40)38(28)21-6-3-2-4-7-21/h2-15,17-18H,1H3,(H2,34,35,36,37,39). The summed E-state index contributed by atoms with van der Waals surface area (Å²) in [5, 5.41) is 14.3. The predicted molar refractivity (Wildman–Crippen MR) is 157 cm³/mol. The SMILES string of the molecule is CC(Nc1ncnc2[nH]ccc(=O)c12)c1c(Cl)c2cccc(-c3ccc(C#N)cc3)c2c(=O)n1-c1ccccc1. The Morgan fingerprint density at radius 3 is 2.48 bits per heavy atom. The van der Waals surface area contributed by atoms with Gasteiger partial charge in [0.25, 0.3) is 5.56 Å². The van der Waals surface area contributed by atoms with Crippen molar-refractivity contribution in [1.82, 2.24) is 19.5 Å². The summed E-state index contributed by atoms with van der Waals surface area (Å²) in [5.41, 5.74) is 3.10. The van der Waals surface area contributed by atoms with E-state index in [1.165, 1.54) is 18.6 Å². The molecule has 8 nitrogen and oxygen atoms in total. The number of rotatable bonds is 5. The van der Waals surface area contributed by atoms with Crippen molar-refractivity contribution in [3.63, 3.8) is 0 Å². The van der Waals surface area contributed by atoms with Crippen LogP contribution >= 0.6 is 11.6 Å². The van der Waals surface area contributed by atoms with Crippen LogP contribution in [0.25, 0.3) is 38.6 Å². The highest BCUT2D eigenvalue weighted by Crippen LogP contribution is 2.36. The molecule has 3 aromatic heterocycles. The van der Waals surface area contributed by atoms with Gasteiger partial charge in [-0.15, -0.1) is 0 Å². The fourth-order valence-corrected chi connectivity index (χ4v) is 5.40. The number of hydrogen-bond acceptors (Lipinski definition) is 6. The van der Waals surface area contributed by atoms with Gasteiger partial charge in [0.2, 0.25) is 0 Å². The topological polar surface area (TPSA) is 116 Å². The van der Waals surface area contributed by atoms with Gasteiger partial charge >= 0.3 is 0 Å². The first-order valence-corrected chi connectivity index (χ1v) is 12.9. The minimum absolute atomic E-state index is 0.235. The van der Waals surface area contributed by atoms with Crippen molar-refractivity contribution >= 4 is 39.2 Å². The minimum Gasteiger partial charge on any atom is -0.361 e. The molecule has 6 aromatic rings. The normalized spacial score (nSPS) is 11.8. The zero-order chi connectivity index (χ0) is 27.8. The number of hydrogen-bond donors (Lipinski definition) is 2. The molecule has 1 atom stereocenters. The Labute approximate surface area is 233 Å². The van der Waals surface area contributed by atoms with E-state index in [-0.39, 0.29) is 11.0 Å². The van der Waals surface area contributed by atoms with Crippen molar-refractivity contribution in [2.45, 2.75) is 13.0 Å². The quantitative estimate of drug-likeness (QED) is 0.275. The van der Waals surface area contributed by atoms with E-state index in [0.717, 1.165) is 5.56 Å². The molecule has 0 saturated heterocycles. The summed E-state index contributed by atoms with van der Waals surface area (Å²) in [4.78, 5) is 38.5. The smallest absolute Gasteiger partial charge is 0.263 e. The molecule has 0 aliphatic carbocycles. The molecule has 3 aromatic carbocycles. The number of para-hydroxylation sites is 1. The van der Waals surface area contributed by atoms with E-state index >= 15 is 0 Å². The third-order valence-corrected chi connectivity index (χ3v) is 7.23. The average Bonchev–Trinajstić information content (AvgIpc) is 2.99. The molecule has 3 heterocycles. The molecule has 1 unspecified atom stereocenters. The van der Waals surface area contributed by atoms with Crippen LogP contribution in [0, 0.1) is 11.3 Å². The molecule has 0 bridgehead atoms. The number of pyridine rings is 2. The third kappa shape index (κ3) is 4.19. The average molecular weight is 545 g/mol. The number of H-pyrrole nitrogens is 1. The molecular formula is C31H21ClN6O2. The van der Waals surface area contributed by atoms with Crippen molar-refractivity contribution in [3.8, 4) is 22.9 Å². The largest absolute Gasteiger partial charge is 0.361 e. The molecule has 0 aliphatic heterocycles. The number of benzene rings is 3. The number of halogens is 1. The lowest BCUT2D eigenvalue weighted by Crippen LogP contribution is -2.27. The van der Waals surface area contributed by atoms with E-state index in [1.807, 2.05) is 67.6 Å². The van der Waals surface area contributed by atoms with E-state index < -0.39 is 6.04 Å². The maximum atomic E-state index is 14.4. The molecule has 40 heavy (non-hydrogen) atoms. The van der Waals surface area contributed by atoms with Crippen molar-refractivity contribution in [1.29, 1.82) is 5.26 Å². The summed E-state index contributed by atoms with van der Waals surface area (Å²) < 4.78 is 1.60. The van der Waals surface area contributed by atoms with Gasteiger partial charge in [-0.05, 0) is 42.3 Å². The first kappa shape index (κ1) is 25.0. The minimum atomic E-state index is -0.541. The van der Waals surface area contributed by atoms with Crippen LogP contribution in [0.15, 0.2) is 101 Å². The Hall–Kier alpha value is -5.26. The van der Waals surface area contributed by atoms with Gasteiger partial charge in [-0.3, -0.25) is 14.2 Å². The lowest BCUT2D eigenvalue weighted by Gasteiger charge is -2.24. The molecule has 0 saturated carbocycles. The zero-order valence-corrected chi connectivity index (χ0v) is 22.0. The van der Waals surface area contributed by atoms with E-state index in [4.69, 9.17) is 11.6 Å². The first-order valence-electron chi connectivity index (χ1n) is 12.5. The summed E-state index contributed by atoms with van der Waals surface area (Å²) in [6.45, 7) is 1.86. The highest BCUT2D eigenvalue weighted by Gasteiger charge is 2.24. The summed E-state index contributed by atoms with van der Waals surface area (Å²) in [5.74, 6) is 0.328. The maximum Gasteiger partial charge on any atom is 0.263 e. The van der Waals surface area contributed by atoms with Crippen LogP contribution in [0.1, 0.15) is 24.2 Å². The number of fused-ring (bicyclic) bond motifs is 2. The second-order valence-electron chi connectivity index (χ2n) is 9.25. The van der Waals surface area contributed by atoms with Crippen LogP contribution in [0.3, 0.4) is 0 Å². The van der Waals surface area contributed by atoms with Crippen molar-refractivity contribution in [2.75, 3.05) is 5.32 Å². The number of anilines is 1. The Balaban J connectivity index is 1.61. The molecule has 9 heteroatoms. The van der Waals surface area contributed by atoms with Crippen LogP contribution in [0.5, 0.6) is 0 Å². The fraction of sp³-hybridized carbons (Fsp3) is 0.0645. The molecule has 0 radical (unpaired) electrons. The number of nitrogens with one attached hydrogen (secondary N) is 2. The van der Waals surface area contributed by atoms with E-state index in [2.05, 4.69) is 26.3 Å². The van der Waals surface area contributed by atoms with Crippen LogP contribution in [-0.4, -0.2) is 19.5 Å². The Kier molecular flexibility index (Phi) is 6.34. The second kappa shape index (κ2) is 10.1. The number of aromatic amines is 1. The van der Waals surface area contributed by atoms with E-state index in [0.29, 0.717) is 55.2 Å². The molecule has 0 amide bonds. The molecule has 194 valence electrons. The van der Waals surface area contributed by atoms with Gasteiger partial charge in [0.1, 0.15) is 23.2 Å². The van der Waals surface area contributed by atoms with Crippen LogP contribution in [0.4, 0.5) is 5.82 Å². The Morgan fingerprint density at radius 1 is 0.950 bits per heavy atom. The van der Waals surface area contributed by atoms with Gasteiger partial charge in [-0.2, -0.15) is 5.26 Å². The summed E-state index contributed by atoms with van der Waals surface area (Å²) in [6.07, 6.45) is 2.90. The maximum absolute atomic E-state index is 14.4. The summed E-state index contributed by atoms with van der Waals surface area (Å²) in [6, 6.07) is 24.9. The number of aromatic nitrogens is 4. The number of nitriles is 1. The number of nitrogens with zero attached hydrogens (tertiary/aromatic N) is 4. The van der Waals surface area contributed by atoms with Crippen molar-refractivity contribution in [2.24, 2.45) is 0 Å². The molecule has 0 aliphatic rings. The monoisotopic (exact) mass is 544 g/mol. The molecule has 2 N–H and O–H groups in total. The van der Waals surface area contributed by atoms with E-state index in [1.54, 1.807) is 16.7 Å². The van der Waals surface area contributed by atoms with Gasteiger partial charge in [-0.25, -0.2) is 9.97 Å². The van der Waals surface area contributed by atoms with Gasteiger partial charge in [0, 0.05) is 23.3 Å². The van der Waals surface area contributed by atoms with E-state index in [9.17, 15) is 14.9 Å². The van der Waals surface area contributed by atoms with Gasteiger partial charge in [-0.1, -0.05) is 60.1 Å². The fourth-order valence-electron chi connectivity index (χ4n) is 5.00. The highest BCUT2D eigenvalue weighted by atomic mass is 35.5. The van der Waals surface area contributed by atoms with Crippen molar-refractivity contribution in [3.05, 3.63) is 128 Å². The van der Waals surface area contributed by atoms with Crippen LogP contribution in [0.2, 0.25) is 5.02 Å². The van der Waals surface area contributed by atoms with Crippen LogP contribution in [-0.2, 0) is 0 Å².